The predicted molar refractivity (Wildman–Crippen MR) is 59.4 cm³/mol. The summed E-state index contributed by atoms with van der Waals surface area (Å²) in [4.78, 5) is 2.40. The molecule has 1 aromatic carbocycles. The Balaban J connectivity index is 1.99. The minimum Gasteiger partial charge on any atom is -0.292 e. The van der Waals surface area contributed by atoms with Crippen molar-refractivity contribution in [1.29, 1.82) is 0 Å². The molecule has 1 fully saturated rings. The Kier molecular flexibility index (Phi) is 2.92. The molecule has 1 aliphatic rings. The van der Waals surface area contributed by atoms with E-state index in [1.807, 2.05) is 18.2 Å². The van der Waals surface area contributed by atoms with Gasteiger partial charge in [-0.25, -0.2) is 0 Å². The smallest absolute Gasteiger partial charge is 0.0451 e. The van der Waals surface area contributed by atoms with E-state index in [4.69, 9.17) is 11.6 Å². The van der Waals surface area contributed by atoms with Crippen LogP contribution in [0.1, 0.15) is 5.56 Å². The molecule has 70 valence electrons. The fourth-order valence-corrected chi connectivity index (χ4v) is 2.22. The topological polar surface area (TPSA) is 3.01 Å². The van der Waals surface area contributed by atoms with Crippen molar-refractivity contribution >= 4 is 27.5 Å². The summed E-state index contributed by atoms with van der Waals surface area (Å²) < 4.78 is 0. The molecule has 13 heavy (non-hydrogen) atoms. The SMILES string of the molecule is Clc1ccccc1CN1CC1CBr. The van der Waals surface area contributed by atoms with Gasteiger partial charge in [0.1, 0.15) is 0 Å². The summed E-state index contributed by atoms with van der Waals surface area (Å²) in [7, 11) is 0. The van der Waals surface area contributed by atoms with Crippen LogP contribution in [0.25, 0.3) is 0 Å². The third-order valence-corrected chi connectivity index (χ3v) is 3.45. The summed E-state index contributed by atoms with van der Waals surface area (Å²) in [5, 5.41) is 1.94. The molecule has 0 aliphatic carbocycles. The lowest BCUT2D eigenvalue weighted by Crippen LogP contribution is -2.03. The standard InChI is InChI=1S/C10H11BrClN/c11-5-9-7-13(9)6-8-3-1-2-4-10(8)12/h1-4,9H,5-7H2. The van der Waals surface area contributed by atoms with Gasteiger partial charge in [0.2, 0.25) is 0 Å². The van der Waals surface area contributed by atoms with Crippen LogP contribution in [0, 0.1) is 0 Å². The van der Waals surface area contributed by atoms with Crippen molar-refractivity contribution in [2.24, 2.45) is 0 Å². The molecular formula is C10H11BrClN. The van der Waals surface area contributed by atoms with Gasteiger partial charge in [0.25, 0.3) is 0 Å². The molecule has 1 nitrogen and oxygen atoms in total. The molecule has 0 saturated carbocycles. The zero-order valence-corrected chi connectivity index (χ0v) is 9.55. The Morgan fingerprint density at radius 1 is 1.46 bits per heavy atom. The molecule has 0 spiro atoms. The molecule has 0 N–H and O–H groups in total. The highest BCUT2D eigenvalue weighted by atomic mass is 79.9. The van der Waals surface area contributed by atoms with E-state index in [1.165, 1.54) is 12.1 Å². The second-order valence-corrected chi connectivity index (χ2v) is 4.38. The van der Waals surface area contributed by atoms with Gasteiger partial charge in [0.15, 0.2) is 0 Å². The third kappa shape index (κ3) is 2.25. The molecule has 1 aliphatic heterocycles. The lowest BCUT2D eigenvalue weighted by atomic mass is 10.2. The van der Waals surface area contributed by atoms with Crippen LogP contribution in [0.3, 0.4) is 0 Å². The Bertz CT molecular complexity index is 303. The van der Waals surface area contributed by atoms with E-state index < -0.39 is 0 Å². The molecule has 0 bridgehead atoms. The van der Waals surface area contributed by atoms with Gasteiger partial charge in [-0.05, 0) is 11.6 Å². The summed E-state index contributed by atoms with van der Waals surface area (Å²) in [5.74, 6) is 0. The Morgan fingerprint density at radius 2 is 2.23 bits per heavy atom. The van der Waals surface area contributed by atoms with Crippen molar-refractivity contribution < 1.29 is 0 Å². The fourth-order valence-electron chi connectivity index (χ4n) is 1.41. The normalized spacial score (nSPS) is 26.0. The first-order valence-electron chi connectivity index (χ1n) is 4.34. The lowest BCUT2D eigenvalue weighted by Gasteiger charge is -2.04. The molecule has 2 atom stereocenters. The average molecular weight is 261 g/mol. The maximum Gasteiger partial charge on any atom is 0.0451 e. The first-order valence-corrected chi connectivity index (χ1v) is 5.84. The summed E-state index contributed by atoms with van der Waals surface area (Å²) in [5.41, 5.74) is 1.23. The van der Waals surface area contributed by atoms with Crippen molar-refractivity contribution in [3.05, 3.63) is 34.9 Å². The molecule has 1 aromatic rings. The first kappa shape index (κ1) is 9.50. The monoisotopic (exact) mass is 259 g/mol. The van der Waals surface area contributed by atoms with E-state index in [0.717, 1.165) is 22.9 Å². The van der Waals surface area contributed by atoms with E-state index in [-0.39, 0.29) is 0 Å². The number of hydrogen-bond acceptors (Lipinski definition) is 1. The van der Waals surface area contributed by atoms with Crippen LogP contribution in [0.5, 0.6) is 0 Å². The summed E-state index contributed by atoms with van der Waals surface area (Å²) in [6.45, 7) is 2.17. The van der Waals surface area contributed by atoms with Gasteiger partial charge >= 0.3 is 0 Å². The number of alkyl halides is 1. The molecule has 1 saturated heterocycles. The van der Waals surface area contributed by atoms with Crippen molar-refractivity contribution in [2.45, 2.75) is 12.6 Å². The fraction of sp³-hybridized carbons (Fsp3) is 0.400. The minimum absolute atomic E-state index is 0.719. The lowest BCUT2D eigenvalue weighted by molar-refractivity contribution is 0.518. The highest BCUT2D eigenvalue weighted by molar-refractivity contribution is 9.09. The van der Waals surface area contributed by atoms with Crippen LogP contribution in [-0.2, 0) is 6.54 Å². The van der Waals surface area contributed by atoms with Gasteiger partial charge in [0.05, 0.1) is 0 Å². The maximum atomic E-state index is 6.05. The van der Waals surface area contributed by atoms with E-state index in [0.29, 0.717) is 0 Å². The highest BCUT2D eigenvalue weighted by Gasteiger charge is 2.32. The Morgan fingerprint density at radius 3 is 2.85 bits per heavy atom. The summed E-state index contributed by atoms with van der Waals surface area (Å²) in [6.07, 6.45) is 0. The zero-order chi connectivity index (χ0) is 9.26. The quantitative estimate of drug-likeness (QED) is 0.596. The molecule has 0 aromatic heterocycles. The van der Waals surface area contributed by atoms with E-state index >= 15 is 0 Å². The number of halogens is 2. The molecule has 0 radical (unpaired) electrons. The van der Waals surface area contributed by atoms with Crippen molar-refractivity contribution in [3.8, 4) is 0 Å². The second-order valence-electron chi connectivity index (χ2n) is 3.33. The van der Waals surface area contributed by atoms with Gasteiger partial charge in [0, 0.05) is 29.5 Å². The second kappa shape index (κ2) is 3.99. The van der Waals surface area contributed by atoms with Crippen molar-refractivity contribution in [3.63, 3.8) is 0 Å². The number of hydrogen-bond donors (Lipinski definition) is 0. The first-order chi connectivity index (χ1) is 6.31. The van der Waals surface area contributed by atoms with Crippen LogP contribution in [0.2, 0.25) is 5.02 Å². The van der Waals surface area contributed by atoms with Gasteiger partial charge in [-0.15, -0.1) is 0 Å². The molecular weight excluding hydrogens is 249 g/mol. The predicted octanol–water partition coefficient (Wildman–Crippen LogP) is 2.92. The Hall–Kier alpha value is -0.0500. The molecule has 0 amide bonds. The van der Waals surface area contributed by atoms with Gasteiger partial charge in [-0.1, -0.05) is 45.7 Å². The van der Waals surface area contributed by atoms with Crippen molar-refractivity contribution in [1.82, 2.24) is 4.90 Å². The van der Waals surface area contributed by atoms with Gasteiger partial charge in [-0.2, -0.15) is 0 Å². The molecule has 2 unspecified atom stereocenters. The van der Waals surface area contributed by atoms with Gasteiger partial charge < -0.3 is 0 Å². The van der Waals surface area contributed by atoms with Crippen LogP contribution < -0.4 is 0 Å². The van der Waals surface area contributed by atoms with Crippen LogP contribution in [-0.4, -0.2) is 22.8 Å². The van der Waals surface area contributed by atoms with Crippen LogP contribution >= 0.6 is 27.5 Å². The number of nitrogens with zero attached hydrogens (tertiary/aromatic N) is 1. The van der Waals surface area contributed by atoms with E-state index in [2.05, 4.69) is 26.9 Å². The minimum atomic E-state index is 0.719. The summed E-state index contributed by atoms with van der Waals surface area (Å²) >= 11 is 9.52. The highest BCUT2D eigenvalue weighted by Crippen LogP contribution is 2.25. The average Bonchev–Trinajstić information content (AvgIpc) is 2.88. The van der Waals surface area contributed by atoms with Crippen LogP contribution in [0.15, 0.2) is 24.3 Å². The molecule has 3 heteroatoms. The number of benzene rings is 1. The van der Waals surface area contributed by atoms with Crippen molar-refractivity contribution in [2.75, 3.05) is 11.9 Å². The maximum absolute atomic E-state index is 6.05. The van der Waals surface area contributed by atoms with Crippen LogP contribution in [0.4, 0.5) is 0 Å². The molecule has 2 rings (SSSR count). The van der Waals surface area contributed by atoms with E-state index in [9.17, 15) is 0 Å². The molecule has 1 heterocycles. The zero-order valence-electron chi connectivity index (χ0n) is 7.21. The number of rotatable bonds is 3. The summed E-state index contributed by atoms with van der Waals surface area (Å²) in [6, 6.07) is 8.76. The third-order valence-electron chi connectivity index (χ3n) is 2.34. The largest absolute Gasteiger partial charge is 0.292 e. The van der Waals surface area contributed by atoms with Gasteiger partial charge in [-0.3, -0.25) is 4.90 Å². The van der Waals surface area contributed by atoms with E-state index in [1.54, 1.807) is 0 Å². The Labute approximate surface area is 91.8 Å².